The topological polar surface area (TPSA) is 85.8 Å². The van der Waals surface area contributed by atoms with Gasteiger partial charge in [0.2, 0.25) is 5.91 Å². The van der Waals surface area contributed by atoms with Crippen molar-refractivity contribution in [3.05, 3.63) is 41.4 Å². The van der Waals surface area contributed by atoms with E-state index in [0.717, 1.165) is 11.3 Å². The molecule has 0 aliphatic heterocycles. The van der Waals surface area contributed by atoms with E-state index in [4.69, 9.17) is 17.3 Å². The van der Waals surface area contributed by atoms with Crippen molar-refractivity contribution < 1.29 is 4.79 Å². The highest BCUT2D eigenvalue weighted by Gasteiger charge is 2.17. The summed E-state index contributed by atoms with van der Waals surface area (Å²) in [5.74, 6) is -0.103. The monoisotopic (exact) mass is 307 g/mol. The number of carbonyl (C=O) groups is 1. The third kappa shape index (κ3) is 3.80. The lowest BCUT2D eigenvalue weighted by molar-refractivity contribution is -0.123. The van der Waals surface area contributed by atoms with Crippen LogP contribution in [-0.4, -0.2) is 26.7 Å². The molecule has 0 saturated heterocycles. The zero-order valence-electron chi connectivity index (χ0n) is 12.0. The first kappa shape index (κ1) is 15.5. The average molecular weight is 308 g/mol. The third-order valence-corrected chi connectivity index (χ3v) is 3.42. The standard InChI is InChI=1S/C14H18ClN5O/c1-9(2)13(16)14(21)18-6-10-5-11(15)3-4-12(10)20-8-17-7-19-20/h3-5,7-9,13H,6,16H2,1-2H3,(H,18,21)/t13-/m0/s1. The zero-order valence-corrected chi connectivity index (χ0v) is 12.7. The average Bonchev–Trinajstić information content (AvgIpc) is 2.97. The number of benzene rings is 1. The largest absolute Gasteiger partial charge is 0.351 e. The molecule has 112 valence electrons. The maximum absolute atomic E-state index is 11.9. The van der Waals surface area contributed by atoms with E-state index in [-0.39, 0.29) is 11.8 Å². The molecule has 1 amide bonds. The minimum atomic E-state index is -0.529. The van der Waals surface area contributed by atoms with Crippen LogP contribution in [0.3, 0.4) is 0 Å². The molecule has 3 N–H and O–H groups in total. The molecule has 1 aromatic carbocycles. The molecule has 0 unspecified atom stereocenters. The third-order valence-electron chi connectivity index (χ3n) is 3.18. The number of amides is 1. The second-order valence-corrected chi connectivity index (χ2v) is 5.54. The molecule has 7 heteroatoms. The highest BCUT2D eigenvalue weighted by Crippen LogP contribution is 2.19. The molecule has 0 spiro atoms. The fourth-order valence-corrected chi connectivity index (χ4v) is 2.05. The van der Waals surface area contributed by atoms with Crippen molar-refractivity contribution in [2.75, 3.05) is 0 Å². The fraction of sp³-hybridized carbons (Fsp3) is 0.357. The van der Waals surface area contributed by atoms with Gasteiger partial charge < -0.3 is 11.1 Å². The molecule has 1 atom stereocenters. The molecule has 0 bridgehead atoms. The lowest BCUT2D eigenvalue weighted by Crippen LogP contribution is -2.43. The summed E-state index contributed by atoms with van der Waals surface area (Å²) >= 11 is 6.02. The van der Waals surface area contributed by atoms with Crippen LogP contribution in [-0.2, 0) is 11.3 Å². The predicted molar refractivity (Wildman–Crippen MR) is 81.0 cm³/mol. The second kappa shape index (κ2) is 6.69. The van der Waals surface area contributed by atoms with Crippen molar-refractivity contribution >= 4 is 17.5 Å². The van der Waals surface area contributed by atoms with Gasteiger partial charge in [0.15, 0.2) is 0 Å². The van der Waals surface area contributed by atoms with E-state index in [1.807, 2.05) is 19.9 Å². The van der Waals surface area contributed by atoms with E-state index < -0.39 is 6.04 Å². The van der Waals surface area contributed by atoms with Gasteiger partial charge in [-0.25, -0.2) is 9.67 Å². The van der Waals surface area contributed by atoms with Crippen LogP contribution in [0.1, 0.15) is 19.4 Å². The fourth-order valence-electron chi connectivity index (χ4n) is 1.85. The number of nitrogens with two attached hydrogens (primary N) is 1. The lowest BCUT2D eigenvalue weighted by Gasteiger charge is -2.16. The molecular weight excluding hydrogens is 290 g/mol. The van der Waals surface area contributed by atoms with Gasteiger partial charge in [-0.05, 0) is 29.7 Å². The molecule has 1 heterocycles. The van der Waals surface area contributed by atoms with Crippen LogP contribution in [0.15, 0.2) is 30.9 Å². The van der Waals surface area contributed by atoms with Gasteiger partial charge >= 0.3 is 0 Å². The number of halogens is 1. The van der Waals surface area contributed by atoms with Gasteiger partial charge in [-0.1, -0.05) is 25.4 Å². The maximum atomic E-state index is 11.9. The van der Waals surface area contributed by atoms with E-state index >= 15 is 0 Å². The summed E-state index contributed by atoms with van der Waals surface area (Å²) in [6, 6.07) is 4.86. The van der Waals surface area contributed by atoms with Gasteiger partial charge in [0.25, 0.3) is 0 Å². The maximum Gasteiger partial charge on any atom is 0.237 e. The highest BCUT2D eigenvalue weighted by atomic mass is 35.5. The summed E-state index contributed by atoms with van der Waals surface area (Å²) in [5.41, 5.74) is 7.48. The summed E-state index contributed by atoms with van der Waals surface area (Å²) in [5, 5.41) is 7.51. The summed E-state index contributed by atoms with van der Waals surface area (Å²) in [7, 11) is 0. The Morgan fingerprint density at radius 1 is 1.48 bits per heavy atom. The quantitative estimate of drug-likeness (QED) is 0.877. The molecule has 2 rings (SSSR count). The molecule has 0 aliphatic rings. The summed E-state index contributed by atoms with van der Waals surface area (Å²) in [6.07, 6.45) is 3.04. The summed E-state index contributed by atoms with van der Waals surface area (Å²) in [6.45, 7) is 4.14. The van der Waals surface area contributed by atoms with Gasteiger partial charge in [-0.2, -0.15) is 5.10 Å². The number of nitrogens with zero attached hydrogens (tertiary/aromatic N) is 3. The van der Waals surface area contributed by atoms with Crippen LogP contribution in [0.25, 0.3) is 5.69 Å². The van der Waals surface area contributed by atoms with Gasteiger partial charge in [-0.3, -0.25) is 4.79 Å². The van der Waals surface area contributed by atoms with Crippen LogP contribution in [0.5, 0.6) is 0 Å². The lowest BCUT2D eigenvalue weighted by atomic mass is 10.0. The molecule has 2 aromatic rings. The number of carbonyl (C=O) groups excluding carboxylic acids is 1. The number of hydrogen-bond donors (Lipinski definition) is 2. The van der Waals surface area contributed by atoms with Gasteiger partial charge in [-0.15, -0.1) is 0 Å². The van der Waals surface area contributed by atoms with Gasteiger partial charge in [0.05, 0.1) is 11.7 Å². The number of aromatic nitrogens is 3. The van der Waals surface area contributed by atoms with Crippen molar-refractivity contribution in [3.63, 3.8) is 0 Å². The van der Waals surface area contributed by atoms with Crippen molar-refractivity contribution in [2.24, 2.45) is 11.7 Å². The van der Waals surface area contributed by atoms with Crippen LogP contribution in [0.2, 0.25) is 5.02 Å². The summed E-state index contributed by atoms with van der Waals surface area (Å²) in [4.78, 5) is 15.9. The Hall–Kier alpha value is -1.92. The number of nitrogens with one attached hydrogen (secondary N) is 1. The molecule has 0 saturated carbocycles. The normalized spacial score (nSPS) is 12.4. The molecule has 1 aromatic heterocycles. The minimum Gasteiger partial charge on any atom is -0.351 e. The van der Waals surface area contributed by atoms with Crippen molar-refractivity contribution in [1.29, 1.82) is 0 Å². The van der Waals surface area contributed by atoms with E-state index in [0.29, 0.717) is 11.6 Å². The molecule has 0 fully saturated rings. The number of hydrogen-bond acceptors (Lipinski definition) is 4. The Morgan fingerprint density at radius 3 is 2.86 bits per heavy atom. The van der Waals surface area contributed by atoms with Gasteiger partial charge in [0.1, 0.15) is 12.7 Å². The van der Waals surface area contributed by atoms with E-state index in [1.165, 1.54) is 6.33 Å². The Kier molecular flexibility index (Phi) is 4.93. The SMILES string of the molecule is CC(C)[C@H](N)C(=O)NCc1cc(Cl)ccc1-n1cncn1. The Bertz CT molecular complexity index is 612. The molecule has 6 nitrogen and oxygen atoms in total. The molecular formula is C14H18ClN5O. The Labute approximate surface area is 128 Å². The minimum absolute atomic E-state index is 0.0825. The Morgan fingerprint density at radius 2 is 2.24 bits per heavy atom. The molecule has 0 aliphatic carbocycles. The first-order chi connectivity index (χ1) is 9.99. The molecule has 21 heavy (non-hydrogen) atoms. The van der Waals surface area contributed by atoms with E-state index in [2.05, 4.69) is 15.4 Å². The van der Waals surface area contributed by atoms with E-state index in [1.54, 1.807) is 23.1 Å². The van der Waals surface area contributed by atoms with Crippen LogP contribution >= 0.6 is 11.6 Å². The zero-order chi connectivity index (χ0) is 15.4. The van der Waals surface area contributed by atoms with Crippen molar-refractivity contribution in [2.45, 2.75) is 26.4 Å². The first-order valence-corrected chi connectivity index (χ1v) is 7.03. The van der Waals surface area contributed by atoms with Crippen LogP contribution < -0.4 is 11.1 Å². The van der Waals surface area contributed by atoms with Crippen molar-refractivity contribution in [3.8, 4) is 5.69 Å². The van der Waals surface area contributed by atoms with Crippen molar-refractivity contribution in [1.82, 2.24) is 20.1 Å². The van der Waals surface area contributed by atoms with E-state index in [9.17, 15) is 4.79 Å². The number of rotatable bonds is 5. The van der Waals surface area contributed by atoms with Gasteiger partial charge in [0, 0.05) is 11.6 Å². The Balaban J connectivity index is 2.16. The molecule has 0 radical (unpaired) electrons. The second-order valence-electron chi connectivity index (χ2n) is 5.10. The summed E-state index contributed by atoms with van der Waals surface area (Å²) < 4.78 is 1.63. The highest BCUT2D eigenvalue weighted by molar-refractivity contribution is 6.30. The van der Waals surface area contributed by atoms with Crippen LogP contribution in [0.4, 0.5) is 0 Å². The van der Waals surface area contributed by atoms with Crippen LogP contribution in [0, 0.1) is 5.92 Å². The smallest absolute Gasteiger partial charge is 0.237 e. The predicted octanol–water partition coefficient (Wildman–Crippen LogP) is 1.52. The first-order valence-electron chi connectivity index (χ1n) is 6.65.